The van der Waals surface area contributed by atoms with Crippen molar-refractivity contribution in [2.75, 3.05) is 20.3 Å². The second-order valence-corrected chi connectivity index (χ2v) is 6.47. The second-order valence-electron chi connectivity index (χ2n) is 6.47. The number of rotatable bonds is 4. The molecule has 2 aliphatic rings. The lowest BCUT2D eigenvalue weighted by atomic mass is 9.99. The molecular weight excluding hydrogens is 355 g/mol. The number of likely N-dealkylation sites (tertiary alicyclic amines) is 1. The first-order valence-electron chi connectivity index (χ1n) is 8.44. The molecule has 3 rings (SSSR count). The maximum Gasteiger partial charge on any atom is 0.490 e. The Bertz CT molecular complexity index is 589. The average molecular weight is 379 g/mol. The van der Waals surface area contributed by atoms with Gasteiger partial charge in [0.05, 0.1) is 25.4 Å². The maximum atomic E-state index is 10.6. The van der Waals surface area contributed by atoms with E-state index in [1.165, 1.54) is 6.42 Å². The molecule has 1 N–H and O–H groups in total. The molecule has 0 spiro atoms. The molecule has 0 saturated carbocycles. The van der Waals surface area contributed by atoms with Crippen LogP contribution in [0.4, 0.5) is 13.2 Å². The van der Waals surface area contributed by atoms with Crippen LogP contribution in [0.15, 0.2) is 16.5 Å². The molecule has 6 nitrogen and oxygen atoms in total. The number of ether oxygens (including phenoxy) is 2. The minimum Gasteiger partial charge on any atom is -0.475 e. The van der Waals surface area contributed by atoms with E-state index in [2.05, 4.69) is 11.0 Å². The normalized spacial score (nSPS) is 26.1. The Kier molecular flexibility index (Phi) is 7.08. The van der Waals surface area contributed by atoms with Gasteiger partial charge in [-0.25, -0.2) is 4.79 Å². The van der Waals surface area contributed by atoms with Crippen molar-refractivity contribution in [2.45, 2.75) is 57.2 Å². The van der Waals surface area contributed by atoms with E-state index < -0.39 is 12.1 Å². The molecular formula is C17H24F3NO5. The molecule has 0 unspecified atom stereocenters. The Morgan fingerprint density at radius 1 is 1.35 bits per heavy atom. The Morgan fingerprint density at radius 2 is 2.04 bits per heavy atom. The van der Waals surface area contributed by atoms with E-state index >= 15 is 0 Å². The monoisotopic (exact) mass is 379 g/mol. The van der Waals surface area contributed by atoms with Crippen LogP contribution in [0, 0.1) is 6.92 Å². The molecule has 3 atom stereocenters. The van der Waals surface area contributed by atoms with E-state index in [0.29, 0.717) is 12.1 Å². The van der Waals surface area contributed by atoms with E-state index in [4.69, 9.17) is 23.8 Å². The first-order chi connectivity index (χ1) is 12.2. The van der Waals surface area contributed by atoms with Crippen LogP contribution in [-0.4, -0.2) is 60.7 Å². The van der Waals surface area contributed by atoms with Gasteiger partial charge in [-0.3, -0.25) is 4.90 Å². The van der Waals surface area contributed by atoms with Gasteiger partial charge < -0.3 is 19.0 Å². The minimum absolute atomic E-state index is 0.289. The predicted octanol–water partition coefficient (Wildman–Crippen LogP) is 2.99. The van der Waals surface area contributed by atoms with Crippen LogP contribution in [0.3, 0.4) is 0 Å². The van der Waals surface area contributed by atoms with E-state index in [9.17, 15) is 13.2 Å². The van der Waals surface area contributed by atoms with Gasteiger partial charge in [-0.05, 0) is 38.3 Å². The van der Waals surface area contributed by atoms with Crippen molar-refractivity contribution >= 4 is 5.97 Å². The van der Waals surface area contributed by atoms with Crippen LogP contribution < -0.4 is 0 Å². The molecule has 0 aromatic carbocycles. The van der Waals surface area contributed by atoms with Gasteiger partial charge >= 0.3 is 12.1 Å². The first kappa shape index (κ1) is 20.7. The van der Waals surface area contributed by atoms with Crippen molar-refractivity contribution in [2.24, 2.45) is 0 Å². The lowest BCUT2D eigenvalue weighted by Crippen LogP contribution is -2.43. The van der Waals surface area contributed by atoms with Gasteiger partial charge in [0.2, 0.25) is 0 Å². The number of methoxy groups -OCH3 is 1. The second kappa shape index (κ2) is 8.88. The van der Waals surface area contributed by atoms with Crippen LogP contribution in [-0.2, 0) is 20.8 Å². The number of carboxylic acids is 1. The molecule has 9 heteroatoms. The van der Waals surface area contributed by atoms with Crippen LogP contribution >= 0.6 is 0 Å². The summed E-state index contributed by atoms with van der Waals surface area (Å²) >= 11 is 0. The van der Waals surface area contributed by atoms with Gasteiger partial charge in [-0.2, -0.15) is 13.2 Å². The first-order valence-corrected chi connectivity index (χ1v) is 8.44. The summed E-state index contributed by atoms with van der Waals surface area (Å²) in [6.07, 6.45) is -0.979. The predicted molar refractivity (Wildman–Crippen MR) is 85.7 cm³/mol. The lowest BCUT2D eigenvalue weighted by molar-refractivity contribution is -0.192. The van der Waals surface area contributed by atoms with Gasteiger partial charge in [0.1, 0.15) is 11.5 Å². The lowest BCUT2D eigenvalue weighted by Gasteiger charge is -2.35. The molecule has 26 heavy (non-hydrogen) atoms. The van der Waals surface area contributed by atoms with Gasteiger partial charge in [-0.1, -0.05) is 0 Å². The van der Waals surface area contributed by atoms with Gasteiger partial charge in [0.25, 0.3) is 0 Å². The third-order valence-electron chi connectivity index (χ3n) is 4.50. The molecule has 1 aromatic rings. The smallest absolute Gasteiger partial charge is 0.475 e. The van der Waals surface area contributed by atoms with Gasteiger partial charge in [-0.15, -0.1) is 0 Å². The van der Waals surface area contributed by atoms with Gasteiger partial charge in [0.15, 0.2) is 0 Å². The largest absolute Gasteiger partial charge is 0.490 e. The Labute approximate surface area is 149 Å². The zero-order chi connectivity index (χ0) is 19.3. The van der Waals surface area contributed by atoms with Crippen molar-refractivity contribution < 1.29 is 37.0 Å². The number of aliphatic carboxylic acids is 1. The average Bonchev–Trinajstić information content (AvgIpc) is 3.14. The topological polar surface area (TPSA) is 72.1 Å². The summed E-state index contributed by atoms with van der Waals surface area (Å²) in [4.78, 5) is 11.4. The van der Waals surface area contributed by atoms with Crippen molar-refractivity contribution in [1.82, 2.24) is 4.90 Å². The summed E-state index contributed by atoms with van der Waals surface area (Å²) in [6.45, 7) is 4.73. The summed E-state index contributed by atoms with van der Waals surface area (Å²) in [7, 11) is 1.75. The highest BCUT2D eigenvalue weighted by Crippen LogP contribution is 2.32. The SMILES string of the molecule is COC[C@H]1CC[C@@H]2[C@@H](CCN2Cc2ccc(C)o2)O1.O=C(O)C(F)(F)F. The van der Waals surface area contributed by atoms with Gasteiger partial charge in [0, 0.05) is 19.7 Å². The number of carboxylic acid groups (broad SMARTS) is 1. The van der Waals surface area contributed by atoms with Crippen LogP contribution in [0.25, 0.3) is 0 Å². The number of nitrogens with zero attached hydrogens (tertiary/aromatic N) is 1. The summed E-state index contributed by atoms with van der Waals surface area (Å²) < 4.78 is 48.7. The zero-order valence-corrected chi connectivity index (χ0v) is 14.8. The fourth-order valence-corrected chi connectivity index (χ4v) is 3.36. The highest BCUT2D eigenvalue weighted by atomic mass is 19.4. The third kappa shape index (κ3) is 5.72. The number of carbonyl (C=O) groups is 1. The van der Waals surface area contributed by atoms with E-state index in [1.54, 1.807) is 7.11 Å². The Morgan fingerprint density at radius 3 is 2.58 bits per heavy atom. The maximum absolute atomic E-state index is 10.6. The molecule has 0 radical (unpaired) electrons. The standard InChI is InChI=1S/C15H23NO3.C2HF3O2/c1-11-3-4-12(18-11)9-16-8-7-15-14(16)6-5-13(19-15)10-17-2;3-2(4,5)1(6)7/h3-4,13-15H,5-10H2,1-2H3;(H,6,7)/t13-,14-,15-;/m1./s1. The van der Waals surface area contributed by atoms with Crippen molar-refractivity contribution in [1.29, 1.82) is 0 Å². The summed E-state index contributed by atoms with van der Waals surface area (Å²) in [5, 5.41) is 7.12. The molecule has 0 bridgehead atoms. The summed E-state index contributed by atoms with van der Waals surface area (Å²) in [6, 6.07) is 4.67. The van der Waals surface area contributed by atoms with Crippen LogP contribution in [0.2, 0.25) is 0 Å². The number of alkyl halides is 3. The Balaban J connectivity index is 0.000000298. The molecule has 148 valence electrons. The summed E-state index contributed by atoms with van der Waals surface area (Å²) in [5.41, 5.74) is 0. The van der Waals surface area contributed by atoms with Crippen molar-refractivity contribution in [3.05, 3.63) is 23.7 Å². The number of hydrogen-bond donors (Lipinski definition) is 1. The molecule has 3 heterocycles. The quantitative estimate of drug-likeness (QED) is 0.867. The molecule has 1 aromatic heterocycles. The van der Waals surface area contributed by atoms with E-state index in [-0.39, 0.29) is 6.10 Å². The van der Waals surface area contributed by atoms with Crippen LogP contribution in [0.1, 0.15) is 30.8 Å². The van der Waals surface area contributed by atoms with E-state index in [1.807, 2.05) is 13.0 Å². The molecule has 2 fully saturated rings. The summed E-state index contributed by atoms with van der Waals surface area (Å²) in [5.74, 6) is -0.699. The number of aryl methyl sites for hydroxylation is 1. The number of halogens is 3. The third-order valence-corrected chi connectivity index (χ3v) is 4.50. The van der Waals surface area contributed by atoms with Crippen molar-refractivity contribution in [3.8, 4) is 0 Å². The van der Waals surface area contributed by atoms with Crippen molar-refractivity contribution in [3.63, 3.8) is 0 Å². The molecule has 0 amide bonds. The number of furan rings is 1. The van der Waals surface area contributed by atoms with Crippen LogP contribution in [0.5, 0.6) is 0 Å². The fourth-order valence-electron chi connectivity index (χ4n) is 3.36. The highest BCUT2D eigenvalue weighted by Gasteiger charge is 2.40. The van der Waals surface area contributed by atoms with E-state index in [0.717, 1.165) is 44.1 Å². The minimum atomic E-state index is -5.08. The zero-order valence-electron chi connectivity index (χ0n) is 14.8. The molecule has 2 saturated heterocycles. The fraction of sp³-hybridized carbons (Fsp3) is 0.706. The number of fused-ring (bicyclic) bond motifs is 1. The number of hydrogen-bond acceptors (Lipinski definition) is 5. The molecule has 2 aliphatic heterocycles. The Hall–Kier alpha value is -1.58. The molecule has 0 aliphatic carbocycles. The highest BCUT2D eigenvalue weighted by molar-refractivity contribution is 5.73.